The second-order valence-corrected chi connectivity index (χ2v) is 5.56. The number of para-hydroxylation sites is 1. The first-order valence-corrected chi connectivity index (χ1v) is 7.42. The lowest BCUT2D eigenvalue weighted by atomic mass is 10.2. The molecule has 0 radical (unpaired) electrons. The van der Waals surface area contributed by atoms with Gasteiger partial charge in [0.25, 0.3) is 5.69 Å². The Morgan fingerprint density at radius 1 is 1.05 bits per heavy atom. The van der Waals surface area contributed by atoms with E-state index in [9.17, 15) is 10.1 Å². The summed E-state index contributed by atoms with van der Waals surface area (Å²) < 4.78 is 0. The van der Waals surface area contributed by atoms with E-state index in [2.05, 4.69) is 4.98 Å². The zero-order chi connectivity index (χ0) is 14.7. The molecule has 0 unspecified atom stereocenters. The first-order chi connectivity index (χ1) is 10.2. The van der Waals surface area contributed by atoms with Crippen LogP contribution in [0.1, 0.15) is 5.56 Å². The van der Waals surface area contributed by atoms with Crippen LogP contribution in [-0.2, 0) is 5.75 Å². The summed E-state index contributed by atoms with van der Waals surface area (Å²) in [6.07, 6.45) is 1.79. The Hall–Kier alpha value is -2.40. The van der Waals surface area contributed by atoms with Crippen molar-refractivity contribution in [2.75, 3.05) is 0 Å². The Labute approximate surface area is 126 Å². The van der Waals surface area contributed by atoms with E-state index in [0.717, 1.165) is 27.1 Å². The molecule has 3 aromatic rings. The van der Waals surface area contributed by atoms with Gasteiger partial charge in [0.2, 0.25) is 0 Å². The van der Waals surface area contributed by atoms with Gasteiger partial charge in [-0.05, 0) is 17.7 Å². The van der Waals surface area contributed by atoms with Crippen molar-refractivity contribution < 1.29 is 4.92 Å². The summed E-state index contributed by atoms with van der Waals surface area (Å²) in [6, 6.07) is 16.7. The quantitative estimate of drug-likeness (QED) is 0.406. The van der Waals surface area contributed by atoms with E-state index in [1.807, 2.05) is 30.3 Å². The lowest BCUT2D eigenvalue weighted by Crippen LogP contribution is -1.88. The smallest absolute Gasteiger partial charge is 0.258 e. The van der Waals surface area contributed by atoms with E-state index in [4.69, 9.17) is 0 Å². The Kier molecular flexibility index (Phi) is 3.83. The molecule has 0 spiro atoms. The number of fused-ring (bicyclic) bond motifs is 1. The molecule has 0 bridgehead atoms. The van der Waals surface area contributed by atoms with Gasteiger partial charge in [0.15, 0.2) is 0 Å². The van der Waals surface area contributed by atoms with Gasteiger partial charge in [0.05, 0.1) is 10.4 Å². The Morgan fingerprint density at radius 3 is 2.57 bits per heavy atom. The number of thioether (sulfide) groups is 1. The number of benzene rings is 2. The fourth-order valence-corrected chi connectivity index (χ4v) is 3.06. The van der Waals surface area contributed by atoms with Crippen LogP contribution in [0.3, 0.4) is 0 Å². The number of nitro benzene ring substituents is 1. The Morgan fingerprint density at radius 2 is 1.81 bits per heavy atom. The highest BCUT2D eigenvalue weighted by Crippen LogP contribution is 2.29. The molecule has 0 N–H and O–H groups in total. The number of non-ortho nitro benzene ring substituents is 1. The maximum atomic E-state index is 10.6. The maximum Gasteiger partial charge on any atom is 0.269 e. The summed E-state index contributed by atoms with van der Waals surface area (Å²) in [5, 5.41) is 11.7. The predicted octanol–water partition coefficient (Wildman–Crippen LogP) is 4.44. The highest BCUT2D eigenvalue weighted by Gasteiger charge is 2.06. The van der Waals surface area contributed by atoms with E-state index in [1.54, 1.807) is 30.1 Å². The van der Waals surface area contributed by atoms with Crippen LogP contribution in [0, 0.1) is 10.1 Å². The average Bonchev–Trinajstić information content (AvgIpc) is 2.53. The van der Waals surface area contributed by atoms with E-state index in [1.165, 1.54) is 12.1 Å². The average molecular weight is 296 g/mol. The van der Waals surface area contributed by atoms with Crippen LogP contribution in [0.25, 0.3) is 10.9 Å². The van der Waals surface area contributed by atoms with E-state index >= 15 is 0 Å². The number of pyridine rings is 1. The fourth-order valence-electron chi connectivity index (χ4n) is 2.07. The van der Waals surface area contributed by atoms with E-state index in [0.29, 0.717) is 0 Å². The van der Waals surface area contributed by atoms with Gasteiger partial charge < -0.3 is 0 Å². The van der Waals surface area contributed by atoms with Crippen LogP contribution in [-0.4, -0.2) is 9.91 Å². The minimum absolute atomic E-state index is 0.121. The second kappa shape index (κ2) is 5.93. The number of aromatic nitrogens is 1. The molecule has 21 heavy (non-hydrogen) atoms. The van der Waals surface area contributed by atoms with Crippen molar-refractivity contribution in [2.45, 2.75) is 10.6 Å². The molecule has 1 aromatic heterocycles. The van der Waals surface area contributed by atoms with Crippen molar-refractivity contribution in [2.24, 2.45) is 0 Å². The summed E-state index contributed by atoms with van der Waals surface area (Å²) in [5.41, 5.74) is 2.17. The third kappa shape index (κ3) is 3.03. The minimum Gasteiger partial charge on any atom is -0.258 e. The molecular formula is C16H12N2O2S. The number of nitro groups is 1. The van der Waals surface area contributed by atoms with Crippen molar-refractivity contribution in [3.05, 3.63) is 76.5 Å². The van der Waals surface area contributed by atoms with Gasteiger partial charge in [0, 0.05) is 34.4 Å². The molecule has 0 aliphatic heterocycles. The lowest BCUT2D eigenvalue weighted by molar-refractivity contribution is -0.384. The monoisotopic (exact) mass is 296 g/mol. The minimum atomic E-state index is -0.383. The third-order valence-electron chi connectivity index (χ3n) is 3.14. The molecule has 0 atom stereocenters. The summed E-state index contributed by atoms with van der Waals surface area (Å²) in [6.45, 7) is 0. The van der Waals surface area contributed by atoms with Crippen LogP contribution < -0.4 is 0 Å². The Balaban J connectivity index is 1.79. The summed E-state index contributed by atoms with van der Waals surface area (Å²) in [7, 11) is 0. The molecule has 0 fully saturated rings. The van der Waals surface area contributed by atoms with Crippen molar-refractivity contribution in [3.8, 4) is 0 Å². The highest BCUT2D eigenvalue weighted by molar-refractivity contribution is 7.98. The zero-order valence-electron chi connectivity index (χ0n) is 11.1. The van der Waals surface area contributed by atoms with Crippen LogP contribution in [0.15, 0.2) is 65.7 Å². The summed E-state index contributed by atoms with van der Waals surface area (Å²) in [4.78, 5) is 15.8. The van der Waals surface area contributed by atoms with Gasteiger partial charge in [-0.1, -0.05) is 30.3 Å². The third-order valence-corrected chi connectivity index (χ3v) is 4.26. The van der Waals surface area contributed by atoms with Gasteiger partial charge in [0.1, 0.15) is 0 Å². The van der Waals surface area contributed by atoms with Crippen molar-refractivity contribution >= 4 is 28.4 Å². The molecule has 3 rings (SSSR count). The van der Waals surface area contributed by atoms with Gasteiger partial charge >= 0.3 is 0 Å². The topological polar surface area (TPSA) is 56.0 Å². The number of nitrogens with zero attached hydrogens (tertiary/aromatic N) is 2. The highest BCUT2D eigenvalue weighted by atomic mass is 32.2. The standard InChI is InChI=1S/C16H12N2O2S/c19-18(20)14-8-6-12(7-9-14)11-21-15-5-1-3-13-4-2-10-17-16(13)15/h1-10H,11H2. The van der Waals surface area contributed by atoms with Crippen LogP contribution in [0.2, 0.25) is 0 Å². The van der Waals surface area contributed by atoms with Gasteiger partial charge in [-0.15, -0.1) is 11.8 Å². The zero-order valence-corrected chi connectivity index (χ0v) is 11.9. The largest absolute Gasteiger partial charge is 0.269 e. The second-order valence-electron chi connectivity index (χ2n) is 4.54. The van der Waals surface area contributed by atoms with Gasteiger partial charge in [-0.3, -0.25) is 15.1 Å². The van der Waals surface area contributed by atoms with E-state index < -0.39 is 0 Å². The van der Waals surface area contributed by atoms with Crippen molar-refractivity contribution in [3.63, 3.8) is 0 Å². The first kappa shape index (κ1) is 13.6. The first-order valence-electron chi connectivity index (χ1n) is 6.44. The normalized spacial score (nSPS) is 10.7. The van der Waals surface area contributed by atoms with Crippen LogP contribution >= 0.6 is 11.8 Å². The fraction of sp³-hybridized carbons (Fsp3) is 0.0625. The predicted molar refractivity (Wildman–Crippen MR) is 84.4 cm³/mol. The number of hydrogen-bond acceptors (Lipinski definition) is 4. The molecular weight excluding hydrogens is 284 g/mol. The van der Waals surface area contributed by atoms with Gasteiger partial charge in [-0.25, -0.2) is 0 Å². The SMILES string of the molecule is O=[N+]([O-])c1ccc(CSc2cccc3cccnc23)cc1. The summed E-state index contributed by atoms with van der Waals surface area (Å²) in [5.74, 6) is 0.758. The molecule has 0 saturated heterocycles. The van der Waals surface area contributed by atoms with Crippen LogP contribution in [0.4, 0.5) is 5.69 Å². The molecule has 104 valence electrons. The lowest BCUT2D eigenvalue weighted by Gasteiger charge is -2.05. The molecule has 0 aliphatic carbocycles. The summed E-state index contributed by atoms with van der Waals surface area (Å²) >= 11 is 1.68. The van der Waals surface area contributed by atoms with Crippen molar-refractivity contribution in [1.82, 2.24) is 4.98 Å². The molecule has 4 nitrogen and oxygen atoms in total. The maximum absolute atomic E-state index is 10.6. The molecule has 5 heteroatoms. The van der Waals surface area contributed by atoms with Crippen molar-refractivity contribution in [1.29, 1.82) is 0 Å². The molecule has 0 amide bonds. The molecule has 1 heterocycles. The molecule has 2 aromatic carbocycles. The molecule has 0 saturated carbocycles. The number of rotatable bonds is 4. The Bertz CT molecular complexity index is 782. The number of hydrogen-bond donors (Lipinski definition) is 0. The van der Waals surface area contributed by atoms with Gasteiger partial charge in [-0.2, -0.15) is 0 Å². The van der Waals surface area contributed by atoms with Crippen LogP contribution in [0.5, 0.6) is 0 Å². The van der Waals surface area contributed by atoms with E-state index in [-0.39, 0.29) is 10.6 Å². The molecule has 0 aliphatic rings.